The number of ether oxygens (including phenoxy) is 2. The van der Waals surface area contributed by atoms with E-state index < -0.39 is 0 Å². The van der Waals surface area contributed by atoms with E-state index in [0.717, 1.165) is 38.8 Å². The Kier molecular flexibility index (Phi) is 3.10. The van der Waals surface area contributed by atoms with Crippen LogP contribution in [-0.2, 0) is 9.47 Å². The summed E-state index contributed by atoms with van der Waals surface area (Å²) in [7, 11) is 0. The minimum absolute atomic E-state index is 0.277. The van der Waals surface area contributed by atoms with Crippen molar-refractivity contribution in [1.29, 1.82) is 0 Å². The third-order valence-corrected chi connectivity index (χ3v) is 3.18. The molecule has 2 fully saturated rings. The Morgan fingerprint density at radius 1 is 1.00 bits per heavy atom. The number of hydrogen-bond donors (Lipinski definition) is 1. The van der Waals surface area contributed by atoms with E-state index in [1.54, 1.807) is 0 Å². The molecule has 0 aliphatic carbocycles. The van der Waals surface area contributed by atoms with Crippen molar-refractivity contribution in [2.24, 2.45) is 0 Å². The molecule has 1 spiro atoms. The zero-order valence-corrected chi connectivity index (χ0v) is 9.21. The van der Waals surface area contributed by atoms with Gasteiger partial charge in [-0.2, -0.15) is 0 Å². The Morgan fingerprint density at radius 2 is 1.50 bits per heavy atom. The van der Waals surface area contributed by atoms with Crippen LogP contribution in [0.1, 0.15) is 39.5 Å². The molecule has 3 heteroatoms. The quantitative estimate of drug-likeness (QED) is 0.643. The summed E-state index contributed by atoms with van der Waals surface area (Å²) in [6, 6.07) is 0. The zero-order chi connectivity index (χ0) is 10.0. The lowest BCUT2D eigenvalue weighted by Gasteiger charge is -2.38. The van der Waals surface area contributed by atoms with Gasteiger partial charge in [0.15, 0.2) is 5.79 Å². The summed E-state index contributed by atoms with van der Waals surface area (Å²) < 4.78 is 12.1. The van der Waals surface area contributed by atoms with Gasteiger partial charge in [-0.05, 0) is 26.7 Å². The molecular formula is C11H21NO2. The monoisotopic (exact) mass is 199 g/mol. The Labute approximate surface area is 86.2 Å². The summed E-state index contributed by atoms with van der Waals surface area (Å²) in [5, 5.41) is 3.35. The van der Waals surface area contributed by atoms with Gasteiger partial charge in [0.05, 0.1) is 12.2 Å². The van der Waals surface area contributed by atoms with E-state index in [0.29, 0.717) is 12.2 Å². The molecule has 2 aliphatic heterocycles. The second-order valence-electron chi connectivity index (χ2n) is 4.59. The Balaban J connectivity index is 2.05. The average molecular weight is 199 g/mol. The minimum Gasteiger partial charge on any atom is -0.347 e. The lowest BCUT2D eigenvalue weighted by molar-refractivity contribution is -0.269. The normalized spacial score (nSPS) is 38.1. The number of piperidine rings is 1. The van der Waals surface area contributed by atoms with Crippen LogP contribution >= 0.6 is 0 Å². The standard InChI is InChI=1S/C11H21NO2/c1-9-3-4-10(2)14-11(13-9)5-7-12-8-6-11/h9-10,12H,3-8H2,1-2H3. The highest BCUT2D eigenvalue weighted by atomic mass is 16.7. The van der Waals surface area contributed by atoms with E-state index in [-0.39, 0.29) is 5.79 Å². The van der Waals surface area contributed by atoms with Gasteiger partial charge in [0.2, 0.25) is 0 Å². The summed E-state index contributed by atoms with van der Waals surface area (Å²) in [4.78, 5) is 0. The largest absolute Gasteiger partial charge is 0.347 e. The second kappa shape index (κ2) is 4.17. The molecule has 2 atom stereocenters. The second-order valence-corrected chi connectivity index (χ2v) is 4.59. The van der Waals surface area contributed by atoms with Crippen LogP contribution in [0.3, 0.4) is 0 Å². The lowest BCUT2D eigenvalue weighted by atomic mass is 10.0. The fourth-order valence-electron chi connectivity index (χ4n) is 2.39. The summed E-state index contributed by atoms with van der Waals surface area (Å²) in [5.74, 6) is -0.277. The van der Waals surface area contributed by atoms with Gasteiger partial charge in [-0.15, -0.1) is 0 Å². The van der Waals surface area contributed by atoms with Gasteiger partial charge in [-0.1, -0.05) is 0 Å². The Morgan fingerprint density at radius 3 is 2.00 bits per heavy atom. The molecule has 0 aromatic heterocycles. The Bertz CT molecular complexity index is 176. The van der Waals surface area contributed by atoms with Gasteiger partial charge < -0.3 is 14.8 Å². The molecule has 0 saturated carbocycles. The highest BCUT2D eigenvalue weighted by Gasteiger charge is 2.38. The molecule has 2 heterocycles. The van der Waals surface area contributed by atoms with Gasteiger partial charge >= 0.3 is 0 Å². The smallest absolute Gasteiger partial charge is 0.171 e. The lowest BCUT2D eigenvalue weighted by Crippen LogP contribution is -2.47. The van der Waals surface area contributed by atoms with Crippen molar-refractivity contribution in [2.75, 3.05) is 13.1 Å². The maximum absolute atomic E-state index is 6.05. The van der Waals surface area contributed by atoms with E-state index in [1.165, 1.54) is 0 Å². The summed E-state index contributed by atoms with van der Waals surface area (Å²) >= 11 is 0. The average Bonchev–Trinajstić information content (AvgIpc) is 2.27. The predicted octanol–water partition coefficient (Wildman–Crippen LogP) is 1.67. The topological polar surface area (TPSA) is 30.5 Å². The van der Waals surface area contributed by atoms with Crippen LogP contribution in [0, 0.1) is 0 Å². The molecule has 2 unspecified atom stereocenters. The predicted molar refractivity (Wildman–Crippen MR) is 55.2 cm³/mol. The van der Waals surface area contributed by atoms with E-state index in [1.807, 2.05) is 0 Å². The van der Waals surface area contributed by atoms with Crippen LogP contribution in [-0.4, -0.2) is 31.1 Å². The molecule has 2 aliphatic rings. The van der Waals surface area contributed by atoms with Crippen molar-refractivity contribution in [2.45, 2.75) is 57.5 Å². The summed E-state index contributed by atoms with van der Waals surface area (Å²) in [5.41, 5.74) is 0. The molecule has 14 heavy (non-hydrogen) atoms. The third-order valence-electron chi connectivity index (χ3n) is 3.18. The van der Waals surface area contributed by atoms with Crippen LogP contribution < -0.4 is 5.32 Å². The highest BCUT2D eigenvalue weighted by Crippen LogP contribution is 2.32. The first-order valence-corrected chi connectivity index (χ1v) is 5.77. The maximum atomic E-state index is 6.05. The third kappa shape index (κ3) is 2.27. The SMILES string of the molecule is CC1CCC(C)OC2(CCNCC2)O1. The molecule has 0 amide bonds. The van der Waals surface area contributed by atoms with Crippen LogP contribution in [0.15, 0.2) is 0 Å². The van der Waals surface area contributed by atoms with Crippen LogP contribution in [0.4, 0.5) is 0 Å². The first-order chi connectivity index (χ1) is 6.70. The molecule has 2 saturated heterocycles. The van der Waals surface area contributed by atoms with Crippen molar-refractivity contribution in [3.8, 4) is 0 Å². The van der Waals surface area contributed by atoms with Gasteiger partial charge in [0, 0.05) is 25.9 Å². The van der Waals surface area contributed by atoms with Crippen molar-refractivity contribution in [1.82, 2.24) is 5.32 Å². The van der Waals surface area contributed by atoms with Crippen LogP contribution in [0.5, 0.6) is 0 Å². The minimum atomic E-state index is -0.277. The molecule has 0 radical (unpaired) electrons. The first-order valence-electron chi connectivity index (χ1n) is 5.77. The molecule has 0 bridgehead atoms. The summed E-state index contributed by atoms with van der Waals surface area (Å²) in [6.07, 6.45) is 4.91. The fourth-order valence-corrected chi connectivity index (χ4v) is 2.39. The molecule has 82 valence electrons. The van der Waals surface area contributed by atoms with Gasteiger partial charge in [0.25, 0.3) is 0 Å². The first kappa shape index (κ1) is 10.4. The van der Waals surface area contributed by atoms with Gasteiger partial charge in [-0.3, -0.25) is 0 Å². The number of hydrogen-bond acceptors (Lipinski definition) is 3. The molecule has 2 rings (SSSR count). The van der Waals surface area contributed by atoms with Crippen molar-refractivity contribution >= 4 is 0 Å². The molecule has 1 N–H and O–H groups in total. The van der Waals surface area contributed by atoms with E-state index >= 15 is 0 Å². The molecule has 0 aromatic rings. The maximum Gasteiger partial charge on any atom is 0.171 e. The Hall–Kier alpha value is -0.120. The highest BCUT2D eigenvalue weighted by molar-refractivity contribution is 4.82. The summed E-state index contributed by atoms with van der Waals surface area (Å²) in [6.45, 7) is 6.34. The zero-order valence-electron chi connectivity index (χ0n) is 9.21. The van der Waals surface area contributed by atoms with Crippen LogP contribution in [0.25, 0.3) is 0 Å². The van der Waals surface area contributed by atoms with E-state index in [4.69, 9.17) is 9.47 Å². The van der Waals surface area contributed by atoms with E-state index in [9.17, 15) is 0 Å². The van der Waals surface area contributed by atoms with Crippen molar-refractivity contribution in [3.63, 3.8) is 0 Å². The fraction of sp³-hybridized carbons (Fsp3) is 1.00. The number of rotatable bonds is 0. The van der Waals surface area contributed by atoms with Crippen molar-refractivity contribution < 1.29 is 9.47 Å². The molecular weight excluding hydrogens is 178 g/mol. The van der Waals surface area contributed by atoms with E-state index in [2.05, 4.69) is 19.2 Å². The van der Waals surface area contributed by atoms with Crippen molar-refractivity contribution in [3.05, 3.63) is 0 Å². The van der Waals surface area contributed by atoms with Crippen LogP contribution in [0.2, 0.25) is 0 Å². The molecule has 3 nitrogen and oxygen atoms in total. The molecule has 0 aromatic carbocycles. The van der Waals surface area contributed by atoms with Gasteiger partial charge in [-0.25, -0.2) is 0 Å². The van der Waals surface area contributed by atoms with Gasteiger partial charge in [0.1, 0.15) is 0 Å². The number of nitrogens with one attached hydrogen (secondary N) is 1.